The number of nitrogens with one attached hydrogen (secondary N) is 2. The Morgan fingerprint density at radius 2 is 1.86 bits per heavy atom. The van der Waals surface area contributed by atoms with Gasteiger partial charge in [-0.25, -0.2) is 4.98 Å². The molecule has 1 unspecified atom stereocenters. The first-order valence-electron chi connectivity index (χ1n) is 12.5. The van der Waals surface area contributed by atoms with Crippen molar-refractivity contribution in [1.29, 1.82) is 0 Å². The van der Waals surface area contributed by atoms with Gasteiger partial charge in [-0.2, -0.15) is 0 Å². The Balaban J connectivity index is 1.46. The summed E-state index contributed by atoms with van der Waals surface area (Å²) in [5.74, 6) is 0.400. The lowest BCUT2D eigenvalue weighted by Crippen LogP contribution is -2.57. The van der Waals surface area contributed by atoms with E-state index in [-0.39, 0.29) is 29.8 Å². The van der Waals surface area contributed by atoms with Crippen molar-refractivity contribution in [1.82, 2.24) is 20.2 Å². The molecule has 2 bridgehead atoms. The first kappa shape index (κ1) is 21.7. The van der Waals surface area contributed by atoms with Crippen LogP contribution in [0.25, 0.3) is 10.9 Å². The third-order valence-corrected chi connectivity index (χ3v) is 8.01. The van der Waals surface area contributed by atoms with Gasteiger partial charge in [0.25, 0.3) is 5.56 Å². The van der Waals surface area contributed by atoms with Gasteiger partial charge in [-0.1, -0.05) is 44.2 Å². The van der Waals surface area contributed by atoms with Crippen LogP contribution >= 0.6 is 0 Å². The van der Waals surface area contributed by atoms with Crippen LogP contribution < -0.4 is 21.1 Å². The molecule has 9 nitrogen and oxygen atoms in total. The molecule has 1 spiro atoms. The summed E-state index contributed by atoms with van der Waals surface area (Å²) in [7, 11) is 0. The van der Waals surface area contributed by atoms with Crippen LogP contribution in [0.4, 0.5) is 5.69 Å². The van der Waals surface area contributed by atoms with Crippen molar-refractivity contribution in [3.63, 3.8) is 0 Å². The Morgan fingerprint density at radius 1 is 1.11 bits per heavy atom. The van der Waals surface area contributed by atoms with E-state index in [9.17, 15) is 14.4 Å². The number of rotatable bonds is 2. The summed E-state index contributed by atoms with van der Waals surface area (Å²) in [5, 5.41) is 7.01. The van der Waals surface area contributed by atoms with Crippen LogP contribution in [0.2, 0.25) is 0 Å². The lowest BCUT2D eigenvalue weighted by molar-refractivity contribution is -0.181. The van der Waals surface area contributed by atoms with Gasteiger partial charge < -0.3 is 10.1 Å². The third kappa shape index (κ3) is 2.62. The molecule has 5 atom stereocenters. The molecule has 2 saturated heterocycles. The van der Waals surface area contributed by atoms with E-state index in [1.165, 1.54) is 4.57 Å². The molecule has 2 fully saturated rings. The highest BCUT2D eigenvalue weighted by atomic mass is 16.5. The minimum Gasteiger partial charge on any atom is -0.334 e. The molecule has 5 aliphatic heterocycles. The zero-order valence-corrected chi connectivity index (χ0v) is 20.3. The highest BCUT2D eigenvalue weighted by Gasteiger charge is 2.66. The highest BCUT2D eigenvalue weighted by molar-refractivity contribution is 6.03. The van der Waals surface area contributed by atoms with E-state index >= 15 is 0 Å². The van der Waals surface area contributed by atoms with Gasteiger partial charge in [0.2, 0.25) is 11.8 Å². The molecule has 2 aromatic carbocycles. The molecule has 6 heterocycles. The molecule has 5 aliphatic rings. The average Bonchev–Trinajstić information content (AvgIpc) is 3.20. The monoisotopic (exact) mass is 485 g/mol. The highest BCUT2D eigenvalue weighted by Crippen LogP contribution is 2.56. The largest absolute Gasteiger partial charge is 0.334 e. The topological polar surface area (TPSA) is 106 Å². The summed E-state index contributed by atoms with van der Waals surface area (Å²) >= 11 is 0. The summed E-state index contributed by atoms with van der Waals surface area (Å²) in [5.41, 5.74) is -0.553. The van der Waals surface area contributed by atoms with Crippen molar-refractivity contribution in [3.8, 4) is 0 Å². The zero-order valence-electron chi connectivity index (χ0n) is 20.3. The average molecular weight is 486 g/mol. The van der Waals surface area contributed by atoms with Gasteiger partial charge >= 0.3 is 0 Å². The maximum atomic E-state index is 13.7. The molecule has 0 aliphatic carbocycles. The van der Waals surface area contributed by atoms with Crippen molar-refractivity contribution >= 4 is 28.4 Å². The van der Waals surface area contributed by atoms with Crippen molar-refractivity contribution < 1.29 is 14.3 Å². The summed E-state index contributed by atoms with van der Waals surface area (Å²) < 4.78 is 8.47. The van der Waals surface area contributed by atoms with Crippen molar-refractivity contribution in [2.24, 2.45) is 5.92 Å². The lowest BCUT2D eigenvalue weighted by Gasteiger charge is -2.40. The van der Waals surface area contributed by atoms with Crippen LogP contribution in [0, 0.1) is 5.92 Å². The van der Waals surface area contributed by atoms with Gasteiger partial charge in [0, 0.05) is 12.0 Å². The van der Waals surface area contributed by atoms with Gasteiger partial charge in [-0.15, -0.1) is 0 Å². The number of aromatic nitrogens is 2. The molecule has 36 heavy (non-hydrogen) atoms. The van der Waals surface area contributed by atoms with Crippen LogP contribution in [-0.2, 0) is 25.7 Å². The normalized spacial score (nSPS) is 32.1. The molecular weight excluding hydrogens is 458 g/mol. The van der Waals surface area contributed by atoms with Gasteiger partial charge in [0.15, 0.2) is 11.5 Å². The number of hydrogen-bond acceptors (Lipinski definition) is 6. The number of amides is 2. The number of hydrogen-bond donors (Lipinski definition) is 2. The molecule has 8 rings (SSSR count). The van der Waals surface area contributed by atoms with Crippen molar-refractivity contribution in [3.05, 3.63) is 70.3 Å². The van der Waals surface area contributed by atoms with E-state index in [1.54, 1.807) is 30.0 Å². The fraction of sp³-hybridized carbons (Fsp3) is 0.407. The Bertz CT molecular complexity index is 1530. The van der Waals surface area contributed by atoms with E-state index in [0.29, 0.717) is 29.1 Å². The van der Waals surface area contributed by atoms with Crippen LogP contribution in [-0.4, -0.2) is 33.6 Å². The summed E-state index contributed by atoms with van der Waals surface area (Å²) in [4.78, 5) is 47.4. The van der Waals surface area contributed by atoms with Crippen LogP contribution in [0.5, 0.6) is 0 Å². The first-order valence-corrected chi connectivity index (χ1v) is 12.5. The molecule has 0 saturated carbocycles. The van der Waals surface area contributed by atoms with Gasteiger partial charge in [0.1, 0.15) is 17.8 Å². The van der Waals surface area contributed by atoms with Gasteiger partial charge in [0.05, 0.1) is 22.6 Å². The van der Waals surface area contributed by atoms with Crippen LogP contribution in [0.3, 0.4) is 0 Å². The number of benzene rings is 2. The third-order valence-electron chi connectivity index (χ3n) is 8.01. The molecule has 2 N–H and O–H groups in total. The fourth-order valence-electron chi connectivity index (χ4n) is 6.61. The van der Waals surface area contributed by atoms with Gasteiger partial charge in [-0.3, -0.25) is 29.2 Å². The smallest absolute Gasteiger partial charge is 0.262 e. The van der Waals surface area contributed by atoms with E-state index < -0.39 is 23.5 Å². The lowest BCUT2D eigenvalue weighted by atomic mass is 9.86. The zero-order chi connectivity index (χ0) is 25.0. The van der Waals surface area contributed by atoms with E-state index in [1.807, 2.05) is 30.3 Å². The molecular formula is C27H27N5O4. The van der Waals surface area contributed by atoms with Gasteiger partial charge in [-0.05, 0) is 37.5 Å². The minimum absolute atomic E-state index is 0.00111. The minimum atomic E-state index is -1.38. The molecule has 9 heteroatoms. The second-order valence-corrected chi connectivity index (χ2v) is 10.8. The van der Waals surface area contributed by atoms with Crippen molar-refractivity contribution in [2.45, 2.75) is 63.2 Å². The number of para-hydroxylation sites is 2. The molecule has 0 radical (unpaired) electrons. The number of carbonyl (C=O) groups excluding carboxylic acids is 2. The Labute approximate surface area is 207 Å². The first-order chi connectivity index (χ1) is 17.2. The Kier molecular flexibility index (Phi) is 4.23. The number of ether oxygens (including phenoxy) is 1. The fourth-order valence-corrected chi connectivity index (χ4v) is 6.61. The van der Waals surface area contributed by atoms with Crippen LogP contribution in [0.15, 0.2) is 53.3 Å². The van der Waals surface area contributed by atoms with E-state index in [2.05, 4.69) is 24.5 Å². The van der Waals surface area contributed by atoms with E-state index in [0.717, 1.165) is 11.3 Å². The summed E-state index contributed by atoms with van der Waals surface area (Å²) in [6, 6.07) is 13.6. The van der Waals surface area contributed by atoms with Crippen LogP contribution in [0.1, 0.15) is 51.0 Å². The quantitative estimate of drug-likeness (QED) is 0.577. The summed E-state index contributed by atoms with van der Waals surface area (Å²) in [6.07, 6.45) is 0.364. The predicted molar refractivity (Wildman–Crippen MR) is 132 cm³/mol. The second-order valence-electron chi connectivity index (χ2n) is 10.8. The Hall–Kier alpha value is -3.56. The number of nitrogens with zero attached hydrogens (tertiary/aromatic N) is 3. The summed E-state index contributed by atoms with van der Waals surface area (Å²) in [6.45, 7) is 5.93. The second kappa shape index (κ2) is 7.02. The number of anilines is 1. The molecule has 1 aromatic heterocycles. The molecule has 184 valence electrons. The maximum absolute atomic E-state index is 13.7. The van der Waals surface area contributed by atoms with E-state index in [4.69, 9.17) is 9.72 Å². The number of fused-ring (bicyclic) bond motifs is 5. The Morgan fingerprint density at radius 3 is 2.67 bits per heavy atom. The SMILES string of the molecule is CC(C)C[C@@H]1N[C@@H]2N(C1=O)c1ccccc1[C@]21CC2C(=O)N[C@](C)(O1)c1nc3ccccc3c(=O)n12. The maximum Gasteiger partial charge on any atom is 0.262 e. The predicted octanol–water partition coefficient (Wildman–Crippen LogP) is 2.25. The standard InChI is InChI=1S/C27H27N5O4/c1-14(2)12-18-23(35)31-19-11-7-5-9-16(19)27(25(31)29-18)13-20-21(33)30-26(3,36-27)24-28-17-10-6-4-8-15(17)22(34)32(20)24/h4-11,14,18,20,25,29H,12-13H2,1-3H3,(H,30,33)/t18-,20?,25+,26+,27+/m0/s1. The molecule has 2 amide bonds. The number of carbonyl (C=O) groups is 2. The van der Waals surface area contributed by atoms with Crippen molar-refractivity contribution in [2.75, 3.05) is 4.90 Å². The molecule has 3 aromatic rings.